The second kappa shape index (κ2) is 9.63. The standard InChI is InChI=1S/C14H25NO14S/c1-3(17)15-5-7(19)10(11(28-12(5)22)13(23)30(24,25)26)29-14-9(21)8(20)6(18)4(2-16)27-14/h4-14,16,18-23H,2H2,1H3,(H,15,17)(H,24,25,26). The first-order valence-corrected chi connectivity index (χ1v) is 10.2. The van der Waals surface area contributed by atoms with Gasteiger partial charge in [-0.1, -0.05) is 0 Å². The number of aliphatic hydroxyl groups excluding tert-OH is 7. The van der Waals surface area contributed by atoms with Gasteiger partial charge in [0, 0.05) is 6.92 Å². The largest absolute Gasteiger partial charge is 0.394 e. The van der Waals surface area contributed by atoms with Crippen molar-refractivity contribution in [3.63, 3.8) is 0 Å². The molecular weight excluding hydrogens is 438 g/mol. The van der Waals surface area contributed by atoms with Crippen molar-refractivity contribution in [3.05, 3.63) is 0 Å². The van der Waals surface area contributed by atoms with E-state index in [9.17, 15) is 49.0 Å². The Kier molecular flexibility index (Phi) is 8.11. The van der Waals surface area contributed by atoms with Crippen molar-refractivity contribution in [2.24, 2.45) is 0 Å². The van der Waals surface area contributed by atoms with Crippen molar-refractivity contribution in [3.8, 4) is 0 Å². The highest BCUT2D eigenvalue weighted by Gasteiger charge is 2.54. The Balaban J connectivity index is 2.35. The van der Waals surface area contributed by atoms with Crippen LogP contribution in [-0.4, -0.2) is 128 Å². The first-order valence-electron chi connectivity index (χ1n) is 8.68. The molecule has 1 amide bonds. The maximum Gasteiger partial charge on any atom is 0.294 e. The molecule has 0 aliphatic carbocycles. The fourth-order valence-corrected chi connectivity index (χ4v) is 3.73. The second-order valence-electron chi connectivity index (χ2n) is 6.91. The van der Waals surface area contributed by atoms with Gasteiger partial charge in [0.15, 0.2) is 12.6 Å². The highest BCUT2D eigenvalue weighted by Crippen LogP contribution is 2.30. The molecule has 0 aromatic rings. The molecule has 176 valence electrons. The lowest BCUT2D eigenvalue weighted by atomic mass is 9.95. The summed E-state index contributed by atoms with van der Waals surface area (Å²) in [6.07, 6.45) is -17.1. The minimum absolute atomic E-state index is 0.734. The van der Waals surface area contributed by atoms with Crippen LogP contribution in [0, 0.1) is 0 Å². The Bertz CT molecular complexity index is 703. The summed E-state index contributed by atoms with van der Waals surface area (Å²) < 4.78 is 47.1. The van der Waals surface area contributed by atoms with Crippen molar-refractivity contribution in [2.45, 2.75) is 73.7 Å². The van der Waals surface area contributed by atoms with Crippen LogP contribution in [0.5, 0.6) is 0 Å². The van der Waals surface area contributed by atoms with Crippen molar-refractivity contribution in [1.29, 1.82) is 0 Å². The van der Waals surface area contributed by atoms with Gasteiger partial charge in [-0.3, -0.25) is 9.35 Å². The third-order valence-electron chi connectivity index (χ3n) is 4.73. The zero-order chi connectivity index (χ0) is 23.0. The number of carbonyl (C=O) groups excluding carboxylic acids is 1. The number of aliphatic hydroxyl groups is 7. The van der Waals surface area contributed by atoms with Crippen LogP contribution in [-0.2, 0) is 29.1 Å². The molecule has 0 radical (unpaired) electrons. The van der Waals surface area contributed by atoms with Gasteiger partial charge in [0.05, 0.1) is 6.61 Å². The van der Waals surface area contributed by atoms with Gasteiger partial charge in [0.1, 0.15) is 48.8 Å². The van der Waals surface area contributed by atoms with E-state index in [1.165, 1.54) is 0 Å². The fraction of sp³-hybridized carbons (Fsp3) is 0.929. The summed E-state index contributed by atoms with van der Waals surface area (Å²) in [6, 6.07) is -1.60. The summed E-state index contributed by atoms with van der Waals surface area (Å²) >= 11 is 0. The van der Waals surface area contributed by atoms with Gasteiger partial charge in [-0.15, -0.1) is 0 Å². The van der Waals surface area contributed by atoms with E-state index in [1.807, 2.05) is 0 Å². The van der Waals surface area contributed by atoms with Crippen LogP contribution in [0.2, 0.25) is 0 Å². The Morgan fingerprint density at radius 3 is 2.17 bits per heavy atom. The van der Waals surface area contributed by atoms with Crippen molar-refractivity contribution < 1.29 is 67.7 Å². The molecule has 2 aliphatic rings. The molecule has 2 saturated heterocycles. The molecule has 0 aromatic carbocycles. The predicted octanol–water partition coefficient (Wildman–Crippen LogP) is -6.04. The molecule has 11 unspecified atom stereocenters. The molecule has 16 heteroatoms. The van der Waals surface area contributed by atoms with Gasteiger partial charge in [-0.2, -0.15) is 8.42 Å². The molecule has 2 heterocycles. The quantitative estimate of drug-likeness (QED) is 0.166. The Morgan fingerprint density at radius 1 is 1.07 bits per heavy atom. The van der Waals surface area contributed by atoms with Crippen LogP contribution >= 0.6 is 0 Å². The minimum atomic E-state index is -5.20. The lowest BCUT2D eigenvalue weighted by Crippen LogP contribution is -2.68. The Labute approximate surface area is 170 Å². The maximum atomic E-state index is 11.3. The van der Waals surface area contributed by atoms with E-state index in [-0.39, 0.29) is 0 Å². The minimum Gasteiger partial charge on any atom is -0.394 e. The van der Waals surface area contributed by atoms with E-state index in [2.05, 4.69) is 5.32 Å². The van der Waals surface area contributed by atoms with E-state index < -0.39 is 89.4 Å². The lowest BCUT2D eigenvalue weighted by molar-refractivity contribution is -0.346. The third-order valence-corrected chi connectivity index (χ3v) is 5.61. The Hall–Kier alpha value is -1.02. The summed E-state index contributed by atoms with van der Waals surface area (Å²) in [4.78, 5) is 11.3. The van der Waals surface area contributed by atoms with Crippen LogP contribution in [0.1, 0.15) is 6.92 Å². The molecule has 0 saturated carbocycles. The van der Waals surface area contributed by atoms with Crippen LogP contribution in [0.4, 0.5) is 0 Å². The molecule has 9 N–H and O–H groups in total. The number of amides is 1. The average molecular weight is 463 g/mol. The van der Waals surface area contributed by atoms with Gasteiger partial charge in [-0.25, -0.2) is 0 Å². The molecule has 30 heavy (non-hydrogen) atoms. The number of carbonyl (C=O) groups is 1. The van der Waals surface area contributed by atoms with E-state index >= 15 is 0 Å². The summed E-state index contributed by atoms with van der Waals surface area (Å²) in [6.45, 7) is 0.213. The summed E-state index contributed by atoms with van der Waals surface area (Å²) in [7, 11) is -5.20. The van der Waals surface area contributed by atoms with Crippen molar-refractivity contribution in [2.75, 3.05) is 6.61 Å². The van der Waals surface area contributed by atoms with Crippen LogP contribution < -0.4 is 5.32 Å². The molecule has 15 nitrogen and oxygen atoms in total. The molecule has 2 rings (SSSR count). The number of ether oxygens (including phenoxy) is 3. The summed E-state index contributed by atoms with van der Waals surface area (Å²) in [5.74, 6) is -0.734. The first-order chi connectivity index (χ1) is 13.8. The predicted molar refractivity (Wildman–Crippen MR) is 90.7 cm³/mol. The molecular formula is C14H25NO14S. The third kappa shape index (κ3) is 5.23. The number of rotatable bonds is 6. The van der Waals surface area contributed by atoms with Gasteiger partial charge in [0.25, 0.3) is 10.1 Å². The van der Waals surface area contributed by atoms with Crippen molar-refractivity contribution >= 4 is 16.0 Å². The SMILES string of the molecule is CC(=O)NC1C(O)OC(C(O)S(=O)(=O)O)C(OC2OC(CO)C(O)C(O)C2O)C1O. The normalized spacial score (nSPS) is 43.8. The topological polar surface area (TPSA) is 253 Å². The number of hydrogen-bond acceptors (Lipinski definition) is 13. The van der Waals surface area contributed by atoms with Crippen LogP contribution in [0.25, 0.3) is 0 Å². The van der Waals surface area contributed by atoms with E-state index in [0.29, 0.717) is 0 Å². The van der Waals surface area contributed by atoms with Gasteiger partial charge in [0.2, 0.25) is 11.3 Å². The van der Waals surface area contributed by atoms with Crippen LogP contribution in [0.3, 0.4) is 0 Å². The van der Waals surface area contributed by atoms with E-state index in [1.54, 1.807) is 0 Å². The lowest BCUT2D eigenvalue weighted by Gasteiger charge is -2.47. The van der Waals surface area contributed by atoms with Crippen LogP contribution in [0.15, 0.2) is 0 Å². The average Bonchev–Trinajstić information content (AvgIpc) is 2.65. The fourth-order valence-electron chi connectivity index (χ4n) is 3.17. The monoisotopic (exact) mass is 463 g/mol. The Morgan fingerprint density at radius 2 is 1.67 bits per heavy atom. The highest BCUT2D eigenvalue weighted by molar-refractivity contribution is 7.86. The summed E-state index contributed by atoms with van der Waals surface area (Å²) in [5, 5.41) is 71.4. The van der Waals surface area contributed by atoms with Gasteiger partial charge in [-0.05, 0) is 0 Å². The van der Waals surface area contributed by atoms with Crippen molar-refractivity contribution in [1.82, 2.24) is 5.32 Å². The van der Waals surface area contributed by atoms with E-state index in [0.717, 1.165) is 6.92 Å². The first kappa shape index (κ1) is 25.2. The molecule has 2 fully saturated rings. The molecule has 0 aromatic heterocycles. The smallest absolute Gasteiger partial charge is 0.294 e. The maximum absolute atomic E-state index is 11.3. The zero-order valence-electron chi connectivity index (χ0n) is 15.5. The zero-order valence-corrected chi connectivity index (χ0v) is 16.3. The number of nitrogens with one attached hydrogen (secondary N) is 1. The molecule has 0 bridgehead atoms. The molecule has 0 spiro atoms. The molecule has 2 aliphatic heterocycles. The van der Waals surface area contributed by atoms with Gasteiger partial charge >= 0.3 is 0 Å². The molecule has 11 atom stereocenters. The van der Waals surface area contributed by atoms with Gasteiger partial charge < -0.3 is 55.3 Å². The second-order valence-corrected chi connectivity index (χ2v) is 8.42. The highest BCUT2D eigenvalue weighted by atomic mass is 32.2. The van der Waals surface area contributed by atoms with E-state index in [4.69, 9.17) is 18.8 Å². The summed E-state index contributed by atoms with van der Waals surface area (Å²) in [5.41, 5.74) is -2.74. The number of hydrogen-bond donors (Lipinski definition) is 9.